The van der Waals surface area contributed by atoms with E-state index in [4.69, 9.17) is 14.2 Å². The molecule has 1 aliphatic rings. The molecule has 2 unspecified atom stereocenters. The molecule has 39 heavy (non-hydrogen) atoms. The van der Waals surface area contributed by atoms with Crippen molar-refractivity contribution < 1.29 is 23.8 Å². The number of pyridine rings is 1. The van der Waals surface area contributed by atoms with E-state index in [9.17, 15) is 9.59 Å². The third-order valence-electron chi connectivity index (χ3n) is 6.62. The van der Waals surface area contributed by atoms with E-state index in [0.29, 0.717) is 36.0 Å². The van der Waals surface area contributed by atoms with E-state index in [1.165, 1.54) is 5.56 Å². The Kier molecular flexibility index (Phi) is 8.17. The minimum atomic E-state index is -0.373. The summed E-state index contributed by atoms with van der Waals surface area (Å²) in [5, 5.41) is 3.60. The summed E-state index contributed by atoms with van der Waals surface area (Å²) in [5.74, 6) is 2.75. The zero-order valence-corrected chi connectivity index (χ0v) is 22.5. The van der Waals surface area contributed by atoms with Gasteiger partial charge in [-0.1, -0.05) is 42.5 Å². The van der Waals surface area contributed by atoms with Crippen molar-refractivity contribution in [2.75, 3.05) is 20.8 Å². The maximum absolute atomic E-state index is 12.4. The molecule has 2 amide bonds. The number of hydrogen-bond acceptors (Lipinski definition) is 7. The van der Waals surface area contributed by atoms with Gasteiger partial charge in [-0.15, -0.1) is 0 Å². The van der Waals surface area contributed by atoms with Crippen LogP contribution in [0.2, 0.25) is 0 Å². The molecule has 2 atom stereocenters. The second-order valence-corrected chi connectivity index (χ2v) is 9.98. The quantitative estimate of drug-likeness (QED) is 0.255. The predicted molar refractivity (Wildman–Crippen MR) is 151 cm³/mol. The average molecular weight is 544 g/mol. The van der Waals surface area contributed by atoms with Gasteiger partial charge in [0.05, 0.1) is 19.7 Å². The molecular formula is C30H29N3O5S. The average Bonchev–Trinajstić information content (AvgIpc) is 3.78. The first kappa shape index (κ1) is 26.4. The summed E-state index contributed by atoms with van der Waals surface area (Å²) in [6, 6.07) is 22.8. The number of aromatic nitrogens is 1. The summed E-state index contributed by atoms with van der Waals surface area (Å²) in [6.45, 7) is 0.438. The lowest BCUT2D eigenvalue weighted by Crippen LogP contribution is -2.33. The van der Waals surface area contributed by atoms with E-state index in [0.717, 1.165) is 34.8 Å². The molecule has 0 aliphatic heterocycles. The van der Waals surface area contributed by atoms with Gasteiger partial charge in [0.15, 0.2) is 11.5 Å². The maximum atomic E-state index is 12.4. The molecule has 1 fully saturated rings. The van der Waals surface area contributed by atoms with Crippen LogP contribution >= 0.6 is 11.9 Å². The maximum Gasteiger partial charge on any atom is 0.325 e. The molecule has 1 heterocycles. The van der Waals surface area contributed by atoms with Gasteiger partial charge < -0.3 is 19.5 Å². The highest BCUT2D eigenvalue weighted by Crippen LogP contribution is 2.49. The number of fused-ring (bicyclic) bond motifs is 1. The Morgan fingerprint density at radius 3 is 2.44 bits per heavy atom. The molecule has 0 bridgehead atoms. The highest BCUT2D eigenvalue weighted by molar-refractivity contribution is 8.12. The smallest absolute Gasteiger partial charge is 0.325 e. The van der Waals surface area contributed by atoms with Crippen molar-refractivity contribution in [2.45, 2.75) is 18.8 Å². The number of amides is 2. The van der Waals surface area contributed by atoms with Gasteiger partial charge in [0.1, 0.15) is 11.5 Å². The molecule has 1 aliphatic carbocycles. The van der Waals surface area contributed by atoms with Crippen LogP contribution in [0.25, 0.3) is 10.9 Å². The molecule has 1 saturated carbocycles. The van der Waals surface area contributed by atoms with Gasteiger partial charge in [0, 0.05) is 42.1 Å². The van der Waals surface area contributed by atoms with E-state index in [1.54, 1.807) is 26.5 Å². The van der Waals surface area contributed by atoms with Crippen molar-refractivity contribution in [3.8, 4) is 23.0 Å². The summed E-state index contributed by atoms with van der Waals surface area (Å²) in [4.78, 5) is 28.9. The second-order valence-electron chi connectivity index (χ2n) is 9.17. The van der Waals surface area contributed by atoms with Gasteiger partial charge in [-0.2, -0.15) is 0 Å². The lowest BCUT2D eigenvalue weighted by molar-refractivity contribution is -0.112. The third-order valence-corrected chi connectivity index (χ3v) is 7.41. The summed E-state index contributed by atoms with van der Waals surface area (Å²) in [6.07, 6.45) is 3.16. The summed E-state index contributed by atoms with van der Waals surface area (Å²) in [7, 11) is 3.18. The SMILES string of the molecule is COc1cc2nccc(Oc3ccc(CCNC(=O)NSC(=O)C4CC4c4ccccc4)cc3)c2cc1OC. The lowest BCUT2D eigenvalue weighted by atomic mass is 10.1. The Labute approximate surface area is 231 Å². The Morgan fingerprint density at radius 2 is 1.69 bits per heavy atom. The Bertz CT molecular complexity index is 1460. The molecule has 0 spiro atoms. The van der Waals surface area contributed by atoms with Gasteiger partial charge in [-0.3, -0.25) is 14.5 Å². The summed E-state index contributed by atoms with van der Waals surface area (Å²) < 4.78 is 19.5. The largest absolute Gasteiger partial charge is 0.493 e. The third kappa shape index (κ3) is 6.43. The molecule has 200 valence electrons. The Balaban J connectivity index is 1.08. The van der Waals surface area contributed by atoms with Crippen LogP contribution < -0.4 is 24.2 Å². The Morgan fingerprint density at radius 1 is 0.949 bits per heavy atom. The van der Waals surface area contributed by atoms with Crippen molar-refractivity contribution >= 4 is 34.0 Å². The Hall–Kier alpha value is -4.24. The molecular weight excluding hydrogens is 514 g/mol. The number of carbonyl (C=O) groups excluding carboxylic acids is 2. The van der Waals surface area contributed by atoms with E-state index in [2.05, 4.69) is 15.0 Å². The number of ether oxygens (including phenoxy) is 3. The molecule has 0 saturated heterocycles. The first-order valence-corrected chi connectivity index (χ1v) is 13.4. The second kappa shape index (κ2) is 12.1. The molecule has 5 rings (SSSR count). The van der Waals surface area contributed by atoms with Crippen molar-refractivity contribution in [2.24, 2.45) is 5.92 Å². The number of benzene rings is 3. The van der Waals surface area contributed by atoms with Gasteiger partial charge in [-0.05, 0) is 54.2 Å². The normalized spacial score (nSPS) is 15.8. The zero-order chi connectivity index (χ0) is 27.2. The molecule has 1 aromatic heterocycles. The number of methoxy groups -OCH3 is 2. The minimum absolute atomic E-state index is 0.00542. The number of carbonyl (C=O) groups is 2. The van der Waals surface area contributed by atoms with Crippen molar-refractivity contribution in [3.05, 3.63) is 90.1 Å². The van der Waals surface area contributed by atoms with Crippen molar-refractivity contribution in [3.63, 3.8) is 0 Å². The fraction of sp³-hybridized carbons (Fsp3) is 0.233. The zero-order valence-electron chi connectivity index (χ0n) is 21.7. The van der Waals surface area contributed by atoms with Crippen LogP contribution in [0.1, 0.15) is 23.5 Å². The van der Waals surface area contributed by atoms with Gasteiger partial charge in [0.2, 0.25) is 5.12 Å². The fourth-order valence-corrected chi connectivity index (χ4v) is 5.12. The van der Waals surface area contributed by atoms with Crippen LogP contribution in [-0.2, 0) is 11.2 Å². The van der Waals surface area contributed by atoms with Gasteiger partial charge >= 0.3 is 6.03 Å². The molecule has 8 nitrogen and oxygen atoms in total. The fourth-order valence-electron chi connectivity index (χ4n) is 4.44. The van der Waals surface area contributed by atoms with Gasteiger partial charge in [-0.25, -0.2) is 4.79 Å². The number of nitrogens with zero attached hydrogens (tertiary/aromatic N) is 1. The van der Waals surface area contributed by atoms with Crippen LogP contribution in [0.15, 0.2) is 79.0 Å². The van der Waals surface area contributed by atoms with E-state index in [1.807, 2.05) is 66.7 Å². The van der Waals surface area contributed by atoms with Crippen LogP contribution in [0.4, 0.5) is 4.79 Å². The molecule has 2 N–H and O–H groups in total. The van der Waals surface area contributed by atoms with E-state index in [-0.39, 0.29) is 23.0 Å². The van der Waals surface area contributed by atoms with Crippen LogP contribution in [0, 0.1) is 5.92 Å². The highest BCUT2D eigenvalue weighted by atomic mass is 32.2. The topological polar surface area (TPSA) is 98.8 Å². The van der Waals surface area contributed by atoms with Crippen LogP contribution in [0.5, 0.6) is 23.0 Å². The molecule has 3 aromatic carbocycles. The summed E-state index contributed by atoms with van der Waals surface area (Å²) >= 11 is 0.871. The highest BCUT2D eigenvalue weighted by Gasteiger charge is 2.44. The number of hydrogen-bond donors (Lipinski definition) is 2. The van der Waals surface area contributed by atoms with Crippen LogP contribution in [0.3, 0.4) is 0 Å². The minimum Gasteiger partial charge on any atom is -0.493 e. The number of urea groups is 1. The lowest BCUT2D eigenvalue weighted by Gasteiger charge is -2.12. The number of nitrogens with one attached hydrogen (secondary N) is 2. The van der Waals surface area contributed by atoms with E-state index < -0.39 is 0 Å². The van der Waals surface area contributed by atoms with Crippen molar-refractivity contribution in [1.82, 2.24) is 15.0 Å². The van der Waals surface area contributed by atoms with Crippen molar-refractivity contribution in [1.29, 1.82) is 0 Å². The molecule has 0 radical (unpaired) electrons. The van der Waals surface area contributed by atoms with Gasteiger partial charge in [0.25, 0.3) is 0 Å². The summed E-state index contributed by atoms with van der Waals surface area (Å²) in [5.41, 5.74) is 2.95. The predicted octanol–water partition coefficient (Wildman–Crippen LogP) is 5.86. The monoisotopic (exact) mass is 543 g/mol. The number of rotatable bonds is 9. The first-order valence-electron chi connectivity index (χ1n) is 12.6. The molecule has 9 heteroatoms. The first-order chi connectivity index (χ1) is 19.1. The standard InChI is InChI=1S/C30H29N3O5S/c1-36-27-17-24-25(18-28(27)37-2)31-15-13-26(24)38-21-10-8-19(9-11-21)12-14-32-30(35)33-39-29(34)23-16-22(23)20-6-4-3-5-7-20/h3-11,13,15,17-18,22-23H,12,14,16H2,1-2H3,(H2,32,33,35). The van der Waals surface area contributed by atoms with E-state index >= 15 is 0 Å². The molecule has 4 aromatic rings. The van der Waals surface area contributed by atoms with Crippen LogP contribution in [-0.4, -0.2) is 36.9 Å².